The summed E-state index contributed by atoms with van der Waals surface area (Å²) in [5.41, 5.74) is 2.61. The van der Waals surface area contributed by atoms with E-state index < -0.39 is 0 Å². The Morgan fingerprint density at radius 1 is 1.24 bits per heavy atom. The van der Waals surface area contributed by atoms with Gasteiger partial charge in [-0.25, -0.2) is 4.79 Å². The number of hydrogen-bond acceptors (Lipinski definition) is 2. The van der Waals surface area contributed by atoms with Crippen molar-refractivity contribution in [2.75, 3.05) is 0 Å². The number of para-hydroxylation sites is 1. The zero-order valence-electron chi connectivity index (χ0n) is 10.1. The minimum absolute atomic E-state index is 0.0502. The minimum atomic E-state index is -0.214. The monoisotopic (exact) mass is 230 g/mol. The van der Waals surface area contributed by atoms with Crippen LogP contribution >= 0.6 is 0 Å². The van der Waals surface area contributed by atoms with Crippen molar-refractivity contribution >= 4 is 5.78 Å². The van der Waals surface area contributed by atoms with E-state index in [1.54, 1.807) is 18.2 Å². The molecule has 0 bridgehead atoms. The van der Waals surface area contributed by atoms with Gasteiger partial charge in [-0.2, -0.15) is 0 Å². The highest BCUT2D eigenvalue weighted by atomic mass is 16.1. The predicted molar refractivity (Wildman–Crippen MR) is 65.9 cm³/mol. The predicted octanol–water partition coefficient (Wildman–Crippen LogP) is 1.99. The third-order valence-corrected chi connectivity index (χ3v) is 2.90. The summed E-state index contributed by atoms with van der Waals surface area (Å²) < 4.78 is 1.53. The number of rotatable bonds is 2. The van der Waals surface area contributed by atoms with E-state index >= 15 is 0 Å². The van der Waals surface area contributed by atoms with Gasteiger partial charge < -0.3 is 4.98 Å². The number of nitrogens with one attached hydrogen (secondary N) is 1. The molecule has 2 aromatic rings. The number of H-pyrrole nitrogens is 1. The van der Waals surface area contributed by atoms with Crippen LogP contribution in [0.25, 0.3) is 5.69 Å². The maximum absolute atomic E-state index is 11.8. The highest BCUT2D eigenvalue weighted by molar-refractivity contribution is 5.97. The molecule has 0 radical (unpaired) electrons. The van der Waals surface area contributed by atoms with Crippen LogP contribution < -0.4 is 5.69 Å². The number of benzene rings is 1. The Balaban J connectivity index is 2.77. The van der Waals surface area contributed by atoms with Gasteiger partial charge in [0.05, 0.1) is 5.69 Å². The summed E-state index contributed by atoms with van der Waals surface area (Å²) in [5, 5.41) is 0. The van der Waals surface area contributed by atoms with E-state index in [1.807, 2.05) is 19.9 Å². The van der Waals surface area contributed by atoms with E-state index in [-0.39, 0.29) is 11.5 Å². The first-order chi connectivity index (χ1) is 8.02. The summed E-state index contributed by atoms with van der Waals surface area (Å²) in [7, 11) is 0. The Labute approximate surface area is 98.9 Å². The van der Waals surface area contributed by atoms with Crippen LogP contribution in [0.1, 0.15) is 28.7 Å². The maximum Gasteiger partial charge on any atom is 0.330 e. The highest BCUT2D eigenvalue weighted by Gasteiger charge is 2.13. The molecular weight excluding hydrogens is 216 g/mol. The van der Waals surface area contributed by atoms with Crippen molar-refractivity contribution in [3.63, 3.8) is 0 Å². The number of nitrogens with zero attached hydrogens (tertiary/aromatic N) is 1. The van der Waals surface area contributed by atoms with E-state index in [2.05, 4.69) is 4.98 Å². The second-order valence-electron chi connectivity index (χ2n) is 4.05. The molecule has 4 heteroatoms. The molecular formula is C13H14N2O2. The van der Waals surface area contributed by atoms with Gasteiger partial charge in [0.25, 0.3) is 0 Å². The fourth-order valence-corrected chi connectivity index (χ4v) is 1.88. The van der Waals surface area contributed by atoms with Gasteiger partial charge in [0.2, 0.25) is 0 Å². The SMILES string of the molecule is CC(=O)c1ccccc1-n1c(C)c(C)[nH]c1=O. The first-order valence-corrected chi connectivity index (χ1v) is 5.41. The summed E-state index contributed by atoms with van der Waals surface area (Å²) in [6.07, 6.45) is 0. The quantitative estimate of drug-likeness (QED) is 0.802. The van der Waals surface area contributed by atoms with Crippen LogP contribution in [-0.2, 0) is 0 Å². The Morgan fingerprint density at radius 3 is 2.41 bits per heavy atom. The van der Waals surface area contributed by atoms with Crippen LogP contribution in [0.3, 0.4) is 0 Å². The Morgan fingerprint density at radius 2 is 1.88 bits per heavy atom. The van der Waals surface area contributed by atoms with Gasteiger partial charge in [-0.1, -0.05) is 12.1 Å². The second kappa shape index (κ2) is 4.05. The van der Waals surface area contributed by atoms with Gasteiger partial charge in [0, 0.05) is 17.0 Å². The van der Waals surface area contributed by atoms with Gasteiger partial charge in [0.15, 0.2) is 5.78 Å². The molecule has 0 atom stereocenters. The molecule has 0 aliphatic rings. The molecule has 17 heavy (non-hydrogen) atoms. The molecule has 0 aliphatic heterocycles. The standard InChI is InChI=1S/C13H14N2O2/c1-8-9(2)15(13(17)14-8)12-7-5-4-6-11(12)10(3)16/h4-7H,1-3H3,(H,14,17). The molecule has 0 saturated heterocycles. The molecule has 4 nitrogen and oxygen atoms in total. The maximum atomic E-state index is 11.8. The third-order valence-electron chi connectivity index (χ3n) is 2.90. The van der Waals surface area contributed by atoms with Crippen LogP contribution in [0.2, 0.25) is 0 Å². The van der Waals surface area contributed by atoms with Crippen molar-refractivity contribution in [1.82, 2.24) is 9.55 Å². The van der Waals surface area contributed by atoms with Crippen LogP contribution in [0.15, 0.2) is 29.1 Å². The number of carbonyl (C=O) groups is 1. The Bertz CT molecular complexity index is 635. The summed E-state index contributed by atoms with van der Waals surface area (Å²) in [4.78, 5) is 26.1. The average molecular weight is 230 g/mol. The third kappa shape index (κ3) is 1.82. The average Bonchev–Trinajstić information content (AvgIpc) is 2.53. The molecule has 0 saturated carbocycles. The fraction of sp³-hybridized carbons (Fsp3) is 0.231. The zero-order chi connectivity index (χ0) is 12.6. The van der Waals surface area contributed by atoms with Crippen molar-refractivity contribution < 1.29 is 4.79 Å². The summed E-state index contributed by atoms with van der Waals surface area (Å²) >= 11 is 0. The van der Waals surface area contributed by atoms with Crippen molar-refractivity contribution in [1.29, 1.82) is 0 Å². The van der Waals surface area contributed by atoms with Crippen molar-refractivity contribution in [2.45, 2.75) is 20.8 Å². The molecule has 1 aromatic heterocycles. The number of aromatic amines is 1. The number of carbonyl (C=O) groups excluding carboxylic acids is 1. The lowest BCUT2D eigenvalue weighted by atomic mass is 10.1. The minimum Gasteiger partial charge on any atom is -0.310 e. The Kier molecular flexibility index (Phi) is 2.71. The van der Waals surface area contributed by atoms with Crippen molar-refractivity contribution in [3.05, 3.63) is 51.7 Å². The van der Waals surface area contributed by atoms with Gasteiger partial charge >= 0.3 is 5.69 Å². The number of ketones is 1. The zero-order valence-corrected chi connectivity index (χ0v) is 10.1. The first kappa shape index (κ1) is 11.4. The molecule has 0 spiro atoms. The fourth-order valence-electron chi connectivity index (χ4n) is 1.88. The van der Waals surface area contributed by atoms with Crippen molar-refractivity contribution in [3.8, 4) is 5.69 Å². The number of Topliss-reactive ketones (excluding diaryl/α,β-unsaturated/α-hetero) is 1. The van der Waals surface area contributed by atoms with E-state index in [0.29, 0.717) is 11.3 Å². The molecule has 1 heterocycles. The number of imidazole rings is 1. The molecule has 0 fully saturated rings. The van der Waals surface area contributed by atoms with Crippen LogP contribution in [0.5, 0.6) is 0 Å². The Hall–Kier alpha value is -2.10. The van der Waals surface area contributed by atoms with E-state index in [1.165, 1.54) is 11.5 Å². The lowest BCUT2D eigenvalue weighted by molar-refractivity contribution is 0.101. The largest absolute Gasteiger partial charge is 0.330 e. The molecule has 0 aliphatic carbocycles. The van der Waals surface area contributed by atoms with Crippen LogP contribution in [0.4, 0.5) is 0 Å². The molecule has 2 rings (SSSR count). The molecule has 1 N–H and O–H groups in total. The number of hydrogen-bond donors (Lipinski definition) is 1. The van der Waals surface area contributed by atoms with Gasteiger partial charge in [0.1, 0.15) is 0 Å². The van der Waals surface area contributed by atoms with Crippen LogP contribution in [-0.4, -0.2) is 15.3 Å². The normalized spacial score (nSPS) is 10.5. The topological polar surface area (TPSA) is 54.9 Å². The lowest BCUT2D eigenvalue weighted by Crippen LogP contribution is -2.18. The molecule has 1 aromatic carbocycles. The first-order valence-electron chi connectivity index (χ1n) is 5.41. The highest BCUT2D eigenvalue weighted by Crippen LogP contribution is 2.16. The summed E-state index contributed by atoms with van der Waals surface area (Å²) in [5.74, 6) is -0.0502. The van der Waals surface area contributed by atoms with Crippen LogP contribution in [0, 0.1) is 13.8 Å². The molecule has 0 unspecified atom stereocenters. The second-order valence-corrected chi connectivity index (χ2v) is 4.05. The summed E-state index contributed by atoms with van der Waals surface area (Å²) in [6.45, 7) is 5.19. The van der Waals surface area contributed by atoms with Gasteiger partial charge in [-0.3, -0.25) is 9.36 Å². The number of aryl methyl sites for hydroxylation is 1. The molecule has 0 amide bonds. The lowest BCUT2D eigenvalue weighted by Gasteiger charge is -2.08. The number of aromatic nitrogens is 2. The van der Waals surface area contributed by atoms with E-state index in [9.17, 15) is 9.59 Å². The smallest absolute Gasteiger partial charge is 0.310 e. The van der Waals surface area contributed by atoms with E-state index in [4.69, 9.17) is 0 Å². The van der Waals surface area contributed by atoms with Gasteiger partial charge in [-0.15, -0.1) is 0 Å². The summed E-state index contributed by atoms with van der Waals surface area (Å²) in [6, 6.07) is 7.11. The van der Waals surface area contributed by atoms with Crippen molar-refractivity contribution in [2.24, 2.45) is 0 Å². The molecule has 88 valence electrons. The van der Waals surface area contributed by atoms with Gasteiger partial charge in [-0.05, 0) is 32.9 Å². The van der Waals surface area contributed by atoms with E-state index in [0.717, 1.165) is 11.4 Å².